The maximum Gasteiger partial charge on any atom is 0.226 e. The number of aromatic amines is 2. The van der Waals surface area contributed by atoms with Gasteiger partial charge < -0.3 is 10.3 Å². The number of amides is 1. The third kappa shape index (κ3) is 4.03. The molecule has 0 fully saturated rings. The van der Waals surface area contributed by atoms with Crippen LogP contribution < -0.4 is 5.32 Å². The first-order chi connectivity index (χ1) is 14.0. The molecule has 0 bridgehead atoms. The predicted octanol–water partition coefficient (Wildman–Crippen LogP) is 4.01. The third-order valence-electron chi connectivity index (χ3n) is 4.34. The number of nitrogens with one attached hydrogen (secondary N) is 3. The van der Waals surface area contributed by atoms with Crippen molar-refractivity contribution in [2.24, 2.45) is 0 Å². The van der Waals surface area contributed by atoms with E-state index in [1.165, 1.54) is 11.3 Å². The van der Waals surface area contributed by atoms with Crippen LogP contribution in [0.3, 0.4) is 0 Å². The lowest BCUT2D eigenvalue weighted by atomic mass is 10.3. The van der Waals surface area contributed by atoms with Crippen LogP contribution in [0.1, 0.15) is 17.9 Å². The van der Waals surface area contributed by atoms with Crippen LogP contribution >= 0.6 is 23.6 Å². The van der Waals surface area contributed by atoms with E-state index in [1.807, 2.05) is 35.8 Å². The first-order valence-corrected chi connectivity index (χ1v) is 10.2. The number of aromatic nitrogens is 6. The Kier molecular flexibility index (Phi) is 5.36. The maximum atomic E-state index is 12.4. The molecule has 10 heteroatoms. The number of nitrogens with zero attached hydrogens (tertiary/aromatic N) is 4. The van der Waals surface area contributed by atoms with Gasteiger partial charge in [0, 0.05) is 19.4 Å². The Balaban J connectivity index is 1.44. The number of thiazole rings is 1. The topological polar surface area (TPSA) is 104 Å². The molecule has 0 saturated heterocycles. The summed E-state index contributed by atoms with van der Waals surface area (Å²) in [4.78, 5) is 25.4. The summed E-state index contributed by atoms with van der Waals surface area (Å²) in [5, 5.41) is 10.5. The van der Waals surface area contributed by atoms with Gasteiger partial charge in [0.2, 0.25) is 5.91 Å². The van der Waals surface area contributed by atoms with Gasteiger partial charge in [0.25, 0.3) is 0 Å². The van der Waals surface area contributed by atoms with Gasteiger partial charge in [0.05, 0.1) is 21.6 Å². The number of benzene rings is 1. The lowest BCUT2D eigenvalue weighted by Gasteiger charge is -2.01. The monoisotopic (exact) mass is 425 g/mol. The van der Waals surface area contributed by atoms with Gasteiger partial charge in [0.1, 0.15) is 5.82 Å². The fourth-order valence-corrected chi connectivity index (χ4v) is 4.17. The van der Waals surface area contributed by atoms with Crippen molar-refractivity contribution in [2.75, 3.05) is 5.32 Å². The summed E-state index contributed by atoms with van der Waals surface area (Å²) in [6.45, 7) is 6.18. The van der Waals surface area contributed by atoms with E-state index >= 15 is 0 Å². The van der Waals surface area contributed by atoms with E-state index < -0.39 is 0 Å². The largest absolute Gasteiger partial charge is 0.342 e. The van der Waals surface area contributed by atoms with Crippen LogP contribution in [-0.4, -0.2) is 35.6 Å². The Hall–Kier alpha value is -3.11. The van der Waals surface area contributed by atoms with Crippen LogP contribution in [-0.2, 0) is 17.8 Å². The molecular weight excluding hydrogens is 406 g/mol. The molecule has 29 heavy (non-hydrogen) atoms. The molecule has 3 aromatic heterocycles. The second kappa shape index (κ2) is 8.10. The molecule has 3 heterocycles. The van der Waals surface area contributed by atoms with Gasteiger partial charge in [-0.3, -0.25) is 14.5 Å². The number of fused-ring (bicyclic) bond motifs is 1. The lowest BCUT2D eigenvalue weighted by Crippen LogP contribution is -2.12. The van der Waals surface area contributed by atoms with Crippen molar-refractivity contribution in [2.45, 2.75) is 26.3 Å². The number of carbonyl (C=O) groups excluding carboxylic acids is 1. The predicted molar refractivity (Wildman–Crippen MR) is 116 cm³/mol. The fraction of sp³-hybridized carbons (Fsp3) is 0.211. The smallest absolute Gasteiger partial charge is 0.226 e. The number of rotatable bonds is 7. The van der Waals surface area contributed by atoms with Crippen LogP contribution in [0.4, 0.5) is 5.13 Å². The lowest BCUT2D eigenvalue weighted by molar-refractivity contribution is -0.116. The van der Waals surface area contributed by atoms with E-state index in [2.05, 4.69) is 37.0 Å². The first-order valence-electron chi connectivity index (χ1n) is 9.02. The second-order valence-electron chi connectivity index (χ2n) is 6.43. The molecule has 0 aliphatic rings. The van der Waals surface area contributed by atoms with Gasteiger partial charge in [-0.25, -0.2) is 9.97 Å². The number of para-hydroxylation sites is 2. The fourth-order valence-electron chi connectivity index (χ4n) is 2.98. The van der Waals surface area contributed by atoms with Gasteiger partial charge in [0.15, 0.2) is 15.7 Å². The van der Waals surface area contributed by atoms with E-state index in [1.54, 1.807) is 6.08 Å². The van der Waals surface area contributed by atoms with Crippen molar-refractivity contribution >= 4 is 45.6 Å². The minimum absolute atomic E-state index is 0.115. The van der Waals surface area contributed by atoms with Crippen molar-refractivity contribution in [1.29, 1.82) is 0 Å². The minimum Gasteiger partial charge on any atom is -0.342 e. The number of aryl methyl sites for hydroxylation is 2. The van der Waals surface area contributed by atoms with Gasteiger partial charge in [-0.15, -0.1) is 6.58 Å². The number of hydrogen-bond donors (Lipinski definition) is 3. The van der Waals surface area contributed by atoms with Crippen molar-refractivity contribution in [3.63, 3.8) is 0 Å². The van der Waals surface area contributed by atoms with Crippen LogP contribution in [0, 0.1) is 11.7 Å². The third-order valence-corrected chi connectivity index (χ3v) is 5.72. The van der Waals surface area contributed by atoms with Crippen LogP contribution in [0.5, 0.6) is 0 Å². The quantitative estimate of drug-likeness (QED) is 0.307. The number of H-pyrrole nitrogens is 2. The summed E-state index contributed by atoms with van der Waals surface area (Å²) in [6, 6.07) is 7.80. The zero-order valence-electron chi connectivity index (χ0n) is 15.7. The van der Waals surface area contributed by atoms with Crippen LogP contribution in [0.15, 0.2) is 36.9 Å². The number of carbonyl (C=O) groups is 1. The highest BCUT2D eigenvalue weighted by molar-refractivity contribution is 7.71. The molecule has 8 nitrogen and oxygen atoms in total. The molecule has 0 atom stereocenters. The Morgan fingerprint density at radius 3 is 3.00 bits per heavy atom. The Morgan fingerprint density at radius 1 is 1.38 bits per heavy atom. The summed E-state index contributed by atoms with van der Waals surface area (Å²) in [5.41, 5.74) is 2.65. The summed E-state index contributed by atoms with van der Waals surface area (Å²) in [6.07, 6.45) is 2.59. The highest BCUT2D eigenvalue weighted by Crippen LogP contribution is 2.31. The van der Waals surface area contributed by atoms with E-state index in [-0.39, 0.29) is 5.91 Å². The standard InChI is InChI=1S/C19H19N7OS2/c1-3-10-26-17(24-25-19(26)28)16-11(2)20-18(29-16)23-15(27)9-8-14-21-12-6-4-5-7-13(12)22-14/h3-7H,1,8-10H2,2H3,(H,21,22)(H,25,28)(H,20,23,27). The van der Waals surface area contributed by atoms with Crippen LogP contribution in [0.25, 0.3) is 21.7 Å². The molecule has 0 aliphatic carbocycles. The Labute approximate surface area is 175 Å². The van der Waals surface area contributed by atoms with E-state index in [4.69, 9.17) is 12.2 Å². The zero-order valence-corrected chi connectivity index (χ0v) is 17.4. The molecule has 3 N–H and O–H groups in total. The second-order valence-corrected chi connectivity index (χ2v) is 7.82. The molecule has 0 saturated carbocycles. The molecule has 0 spiro atoms. The van der Waals surface area contributed by atoms with Crippen molar-refractivity contribution in [1.82, 2.24) is 29.7 Å². The van der Waals surface area contributed by atoms with Gasteiger partial charge in [-0.05, 0) is 31.3 Å². The average molecular weight is 426 g/mol. The molecular formula is C19H19N7OS2. The molecule has 0 unspecified atom stereocenters. The van der Waals surface area contributed by atoms with Crippen molar-refractivity contribution in [3.8, 4) is 10.7 Å². The van der Waals surface area contributed by atoms with Crippen LogP contribution in [0.2, 0.25) is 0 Å². The van der Waals surface area contributed by atoms with E-state index in [9.17, 15) is 4.79 Å². The minimum atomic E-state index is -0.115. The zero-order chi connectivity index (χ0) is 20.4. The number of anilines is 1. The molecule has 0 aliphatic heterocycles. The van der Waals surface area contributed by atoms with E-state index in [0.29, 0.717) is 35.1 Å². The van der Waals surface area contributed by atoms with Gasteiger partial charge >= 0.3 is 0 Å². The summed E-state index contributed by atoms with van der Waals surface area (Å²) >= 11 is 6.64. The summed E-state index contributed by atoms with van der Waals surface area (Å²) in [5.74, 6) is 1.36. The maximum absolute atomic E-state index is 12.4. The van der Waals surface area contributed by atoms with Gasteiger partial charge in [-0.1, -0.05) is 29.5 Å². The molecule has 0 radical (unpaired) electrons. The highest BCUT2D eigenvalue weighted by Gasteiger charge is 2.17. The highest BCUT2D eigenvalue weighted by atomic mass is 32.1. The average Bonchev–Trinajstić information content (AvgIpc) is 3.38. The molecule has 1 aromatic carbocycles. The van der Waals surface area contributed by atoms with Crippen molar-refractivity contribution < 1.29 is 4.79 Å². The SMILES string of the molecule is C=CCn1c(-c2sc(NC(=O)CCc3nc4ccccc4[nH]3)nc2C)n[nH]c1=S. The number of imidazole rings is 1. The van der Waals surface area contributed by atoms with E-state index in [0.717, 1.165) is 27.4 Å². The summed E-state index contributed by atoms with van der Waals surface area (Å²) < 4.78 is 2.36. The van der Waals surface area contributed by atoms with Crippen molar-refractivity contribution in [3.05, 3.63) is 53.2 Å². The number of allylic oxidation sites excluding steroid dienone is 1. The Morgan fingerprint density at radius 2 is 2.21 bits per heavy atom. The molecule has 4 aromatic rings. The molecule has 4 rings (SSSR count). The normalized spacial score (nSPS) is 11.1. The molecule has 1 amide bonds. The summed E-state index contributed by atoms with van der Waals surface area (Å²) in [7, 11) is 0. The van der Waals surface area contributed by atoms with Gasteiger partial charge in [-0.2, -0.15) is 5.10 Å². The molecule has 148 valence electrons. The Bertz CT molecular complexity index is 1210. The number of hydrogen-bond acceptors (Lipinski definition) is 6. The first kappa shape index (κ1) is 19.2.